The van der Waals surface area contributed by atoms with E-state index >= 15 is 0 Å². The summed E-state index contributed by atoms with van der Waals surface area (Å²) >= 11 is 1.46. The molecule has 4 heterocycles. The van der Waals surface area contributed by atoms with Gasteiger partial charge < -0.3 is 14.0 Å². The largest absolute Gasteiger partial charge is 0.716 e. The first-order valence-corrected chi connectivity index (χ1v) is 14.0. The lowest BCUT2D eigenvalue weighted by atomic mass is 9.86. The van der Waals surface area contributed by atoms with Crippen LogP contribution in [0.5, 0.6) is 0 Å². The highest BCUT2D eigenvalue weighted by molar-refractivity contribution is 7.22. The normalized spacial score (nSPS) is 20.3. The zero-order valence-electron chi connectivity index (χ0n) is 22.5. The van der Waals surface area contributed by atoms with Crippen molar-refractivity contribution in [3.63, 3.8) is 0 Å². The van der Waals surface area contributed by atoms with Gasteiger partial charge in [0.1, 0.15) is 5.69 Å². The number of pyridine rings is 1. The molecule has 0 radical (unpaired) electrons. The van der Waals surface area contributed by atoms with Crippen molar-refractivity contribution in [2.24, 2.45) is 0 Å². The van der Waals surface area contributed by atoms with E-state index in [1.165, 1.54) is 17.5 Å². The summed E-state index contributed by atoms with van der Waals surface area (Å²) in [5.41, 5.74) is 2.31. The predicted octanol–water partition coefficient (Wildman–Crippen LogP) is 4.73. The average molecular weight is 556 g/mol. The Labute approximate surface area is 236 Å². The lowest BCUT2D eigenvalue weighted by Crippen LogP contribution is -2.53. The van der Waals surface area contributed by atoms with E-state index < -0.39 is 24.5 Å². The highest BCUT2D eigenvalue weighted by Gasteiger charge is 2.58. The van der Waals surface area contributed by atoms with Gasteiger partial charge in [-0.25, -0.2) is 14.8 Å². The Kier molecular flexibility index (Phi) is 6.91. The molecule has 2 aliphatic heterocycles. The minimum atomic E-state index is -1.15. The number of aromatic nitrogens is 2. The standard InChI is InChI=1S/C29H29BN4O5S/c1-28(2)29(3,39-30(38-28)37-26(36)23-12-6-7-15-31-23)18-34-16-14-19-9-8-10-20(21(19)17-34)25(35)33-27-32-22-11-4-5-13-24(22)40-27/h4-13,15H,14,16-18H2,1-3H3,(H,32,33,35). The molecule has 0 spiro atoms. The number of hydrogen-bond acceptors (Lipinski definition) is 9. The lowest BCUT2D eigenvalue weighted by Gasteiger charge is -2.41. The molecule has 0 bridgehead atoms. The van der Waals surface area contributed by atoms with Gasteiger partial charge in [0.2, 0.25) is 0 Å². The molecule has 11 heteroatoms. The van der Waals surface area contributed by atoms with E-state index in [-0.39, 0.29) is 11.6 Å². The van der Waals surface area contributed by atoms with Crippen molar-refractivity contribution in [3.8, 4) is 0 Å². The Morgan fingerprint density at radius 1 is 1.07 bits per heavy atom. The molecular formula is C29H29BN4O5S. The van der Waals surface area contributed by atoms with E-state index in [2.05, 4.69) is 26.3 Å². The number of amides is 1. The van der Waals surface area contributed by atoms with Gasteiger partial charge >= 0.3 is 13.3 Å². The minimum absolute atomic E-state index is 0.175. The lowest BCUT2D eigenvalue weighted by molar-refractivity contribution is -0.0365. The zero-order valence-corrected chi connectivity index (χ0v) is 23.4. The van der Waals surface area contributed by atoms with E-state index in [9.17, 15) is 9.59 Å². The first-order valence-electron chi connectivity index (χ1n) is 13.2. The molecular weight excluding hydrogens is 527 g/mol. The number of nitrogens with zero attached hydrogens (tertiary/aromatic N) is 3. The molecule has 1 atom stereocenters. The molecule has 9 nitrogen and oxygen atoms in total. The number of nitrogens with one attached hydrogen (secondary N) is 1. The van der Waals surface area contributed by atoms with Gasteiger partial charge in [-0.1, -0.05) is 41.7 Å². The number of anilines is 1. The topological polar surface area (TPSA) is 103 Å². The molecule has 1 amide bonds. The first-order chi connectivity index (χ1) is 19.2. The van der Waals surface area contributed by atoms with Gasteiger partial charge in [-0.2, -0.15) is 0 Å². The molecule has 2 aliphatic rings. The fourth-order valence-electron chi connectivity index (χ4n) is 5.15. The van der Waals surface area contributed by atoms with Crippen LogP contribution in [0, 0.1) is 0 Å². The molecule has 2 aromatic heterocycles. The van der Waals surface area contributed by atoms with Crippen LogP contribution in [0.15, 0.2) is 66.9 Å². The summed E-state index contributed by atoms with van der Waals surface area (Å²) in [6, 6.07) is 18.7. The first kappa shape index (κ1) is 26.6. The van der Waals surface area contributed by atoms with Crippen LogP contribution in [0.4, 0.5) is 5.13 Å². The molecule has 0 aliphatic carbocycles. The van der Waals surface area contributed by atoms with Crippen molar-refractivity contribution in [3.05, 3.63) is 89.2 Å². The molecule has 0 saturated carbocycles. The molecule has 204 valence electrons. The number of carbonyl (C=O) groups is 2. The van der Waals surface area contributed by atoms with Gasteiger partial charge in [0, 0.05) is 31.4 Å². The quantitative estimate of drug-likeness (QED) is 0.340. The molecule has 2 aromatic carbocycles. The number of thiazole rings is 1. The van der Waals surface area contributed by atoms with Crippen LogP contribution >= 0.6 is 11.3 Å². The Balaban J connectivity index is 1.16. The molecule has 1 unspecified atom stereocenters. The van der Waals surface area contributed by atoms with Crippen LogP contribution in [0.25, 0.3) is 10.2 Å². The maximum atomic E-state index is 13.4. The van der Waals surface area contributed by atoms with Crippen molar-refractivity contribution in [1.29, 1.82) is 0 Å². The summed E-state index contributed by atoms with van der Waals surface area (Å²) in [5.74, 6) is -0.785. The summed E-state index contributed by atoms with van der Waals surface area (Å²) in [5, 5.41) is 3.57. The number of fused-ring (bicyclic) bond motifs is 2. The van der Waals surface area contributed by atoms with Crippen molar-refractivity contribution < 1.29 is 23.6 Å². The SMILES string of the molecule is CC1(C)OB(OC(=O)c2ccccn2)OC1(C)CN1CCc2cccc(C(=O)Nc3nc4ccccc4s3)c2C1. The van der Waals surface area contributed by atoms with Crippen LogP contribution in [-0.2, 0) is 26.9 Å². The van der Waals surface area contributed by atoms with E-state index in [1.54, 1.807) is 18.2 Å². The van der Waals surface area contributed by atoms with Crippen molar-refractivity contribution in [2.45, 2.75) is 44.9 Å². The minimum Gasteiger partial charge on any atom is -0.480 e. The van der Waals surface area contributed by atoms with Gasteiger partial charge in [-0.3, -0.25) is 15.0 Å². The third-order valence-corrected chi connectivity index (χ3v) is 8.69. The number of hydrogen-bond donors (Lipinski definition) is 1. The fourth-order valence-corrected chi connectivity index (χ4v) is 6.01. The number of carbonyl (C=O) groups excluding carboxylic acids is 2. The average Bonchev–Trinajstić information content (AvgIpc) is 3.44. The third-order valence-electron chi connectivity index (χ3n) is 7.73. The highest BCUT2D eigenvalue weighted by Crippen LogP contribution is 2.39. The molecule has 1 fully saturated rings. The van der Waals surface area contributed by atoms with E-state index in [0.29, 0.717) is 23.8 Å². The Morgan fingerprint density at radius 2 is 1.90 bits per heavy atom. The molecule has 1 N–H and O–H groups in total. The van der Waals surface area contributed by atoms with Crippen molar-refractivity contribution >= 4 is 45.9 Å². The van der Waals surface area contributed by atoms with Crippen LogP contribution in [0.2, 0.25) is 0 Å². The highest BCUT2D eigenvalue weighted by atomic mass is 32.1. The second-order valence-corrected chi connectivity index (χ2v) is 11.8. The van der Waals surface area contributed by atoms with E-state index in [4.69, 9.17) is 14.0 Å². The number of rotatable bonds is 6. The number of para-hydroxylation sites is 1. The summed E-state index contributed by atoms with van der Waals surface area (Å²) < 4.78 is 18.7. The zero-order chi connectivity index (χ0) is 27.9. The van der Waals surface area contributed by atoms with Gasteiger partial charge in [-0.15, -0.1) is 0 Å². The Hall–Kier alpha value is -3.64. The fraction of sp³-hybridized carbons (Fsp3) is 0.310. The van der Waals surface area contributed by atoms with Crippen LogP contribution in [0.3, 0.4) is 0 Å². The molecule has 6 rings (SSSR count). The maximum Gasteiger partial charge on any atom is 0.716 e. The van der Waals surface area contributed by atoms with Crippen molar-refractivity contribution in [1.82, 2.24) is 14.9 Å². The van der Waals surface area contributed by atoms with Crippen LogP contribution in [0.1, 0.15) is 52.7 Å². The maximum absolute atomic E-state index is 13.4. The van der Waals surface area contributed by atoms with Gasteiger partial charge in [-0.05, 0) is 68.7 Å². The van der Waals surface area contributed by atoms with E-state index in [0.717, 1.165) is 34.3 Å². The predicted molar refractivity (Wildman–Crippen MR) is 153 cm³/mol. The molecule has 40 heavy (non-hydrogen) atoms. The van der Waals surface area contributed by atoms with Gasteiger partial charge in [0.15, 0.2) is 5.13 Å². The summed E-state index contributed by atoms with van der Waals surface area (Å²) in [4.78, 5) is 36.8. The monoisotopic (exact) mass is 556 g/mol. The summed E-state index contributed by atoms with van der Waals surface area (Å²) in [7, 11) is -1.15. The smallest absolute Gasteiger partial charge is 0.480 e. The second kappa shape index (κ2) is 10.4. The molecule has 1 saturated heterocycles. The van der Waals surface area contributed by atoms with E-state index in [1.807, 2.05) is 57.2 Å². The van der Waals surface area contributed by atoms with Gasteiger partial charge in [0.05, 0.1) is 21.4 Å². The summed E-state index contributed by atoms with van der Waals surface area (Å²) in [6.45, 7) is 7.70. The second-order valence-electron chi connectivity index (χ2n) is 10.7. The summed E-state index contributed by atoms with van der Waals surface area (Å²) in [6.07, 6.45) is 2.33. The van der Waals surface area contributed by atoms with Crippen LogP contribution < -0.4 is 5.32 Å². The number of benzene rings is 2. The van der Waals surface area contributed by atoms with Crippen LogP contribution in [-0.4, -0.2) is 58.4 Å². The third kappa shape index (κ3) is 5.13. The Morgan fingerprint density at radius 3 is 2.70 bits per heavy atom. The Bertz CT molecular complexity index is 1550. The molecule has 4 aromatic rings. The van der Waals surface area contributed by atoms with Gasteiger partial charge in [0.25, 0.3) is 5.91 Å². The van der Waals surface area contributed by atoms with Crippen molar-refractivity contribution in [2.75, 3.05) is 18.4 Å².